The standard InChI is InChI=1S/C17H18NO.Sm/c1-14-7-6-8-15(2)17(14)18-11-12-19-13-16-9-4-3-5-10-16;/h3-10H,12-13H2,1-2H3;/q-1;. The number of ether oxygens (including phenoxy) is 1. The van der Waals surface area contributed by atoms with Crippen molar-refractivity contribution in [1.29, 1.82) is 0 Å². The van der Waals surface area contributed by atoms with E-state index in [4.69, 9.17) is 4.74 Å². The van der Waals surface area contributed by atoms with Crippen molar-refractivity contribution in [2.24, 2.45) is 4.99 Å². The third kappa shape index (κ3) is 5.42. The van der Waals surface area contributed by atoms with Crippen molar-refractivity contribution in [1.82, 2.24) is 0 Å². The first-order chi connectivity index (χ1) is 9.27. The number of nitrogens with zero attached hydrogens (tertiary/aromatic N) is 1. The normalized spacial score (nSPS) is 10.5. The Hall–Kier alpha value is -0.592. The van der Waals surface area contributed by atoms with Crippen LogP contribution in [0.2, 0.25) is 0 Å². The molecule has 2 rings (SSSR count). The van der Waals surface area contributed by atoms with Crippen LogP contribution in [0.4, 0.5) is 5.69 Å². The third-order valence-electron chi connectivity index (χ3n) is 2.91. The van der Waals surface area contributed by atoms with Gasteiger partial charge in [0.2, 0.25) is 0 Å². The molecule has 3 heteroatoms. The number of aryl methyl sites for hydroxylation is 2. The molecule has 0 saturated heterocycles. The van der Waals surface area contributed by atoms with Crippen molar-refractivity contribution in [3.63, 3.8) is 0 Å². The second-order valence-electron chi connectivity index (χ2n) is 4.49. The summed E-state index contributed by atoms with van der Waals surface area (Å²) in [5.41, 5.74) is 4.48. The molecule has 2 aromatic rings. The van der Waals surface area contributed by atoms with Crippen molar-refractivity contribution in [3.8, 4) is 0 Å². The van der Waals surface area contributed by atoms with Gasteiger partial charge in [0.1, 0.15) is 0 Å². The zero-order valence-electron chi connectivity index (χ0n) is 11.8. The molecule has 0 aliphatic heterocycles. The van der Waals surface area contributed by atoms with Crippen LogP contribution >= 0.6 is 0 Å². The molecule has 0 fully saturated rings. The summed E-state index contributed by atoms with van der Waals surface area (Å²) in [5, 5.41) is 0. The molecular formula is C17H18NOSm-. The van der Waals surface area contributed by atoms with Crippen molar-refractivity contribution in [3.05, 3.63) is 65.2 Å². The van der Waals surface area contributed by atoms with Gasteiger partial charge in [-0.05, 0) is 5.56 Å². The van der Waals surface area contributed by atoms with Gasteiger partial charge >= 0.3 is 0 Å². The average Bonchev–Trinajstić information content (AvgIpc) is 2.42. The number of aliphatic imine (C=N–C) groups is 1. The Morgan fingerprint density at radius 3 is 2.25 bits per heavy atom. The Morgan fingerprint density at radius 2 is 1.60 bits per heavy atom. The monoisotopic (exact) mass is 404 g/mol. The molecule has 0 aliphatic carbocycles. The summed E-state index contributed by atoms with van der Waals surface area (Å²) in [6.45, 7) is 5.11. The van der Waals surface area contributed by atoms with E-state index in [2.05, 4.69) is 37.2 Å². The molecule has 2 nitrogen and oxygen atoms in total. The van der Waals surface area contributed by atoms with Crippen LogP contribution in [0.3, 0.4) is 0 Å². The molecule has 0 atom stereocenters. The van der Waals surface area contributed by atoms with Gasteiger partial charge in [0, 0.05) is 47.0 Å². The molecule has 0 radical (unpaired) electrons. The largest absolute Gasteiger partial charge is 0.453 e. The number of benzene rings is 2. The van der Waals surface area contributed by atoms with Gasteiger partial charge < -0.3 is 9.73 Å². The Balaban J connectivity index is 0.00000200. The molecule has 0 bridgehead atoms. The molecule has 0 aromatic heterocycles. The quantitative estimate of drug-likeness (QED) is 0.419. The van der Waals surface area contributed by atoms with Crippen molar-refractivity contribution >= 4 is 11.9 Å². The van der Waals surface area contributed by atoms with Crippen LogP contribution in [0.5, 0.6) is 0 Å². The summed E-state index contributed by atoms with van der Waals surface area (Å²) in [5.74, 6) is 0. The Labute approximate surface area is 153 Å². The summed E-state index contributed by atoms with van der Waals surface area (Å²) < 4.78 is 5.52. The van der Waals surface area contributed by atoms with Crippen LogP contribution in [0.25, 0.3) is 0 Å². The van der Waals surface area contributed by atoms with E-state index in [1.165, 1.54) is 0 Å². The second kappa shape index (κ2) is 9.36. The van der Waals surface area contributed by atoms with Crippen LogP contribution < -0.4 is 0 Å². The van der Waals surface area contributed by atoms with Gasteiger partial charge in [0.15, 0.2) is 0 Å². The molecule has 0 saturated carbocycles. The van der Waals surface area contributed by atoms with Crippen molar-refractivity contribution in [2.45, 2.75) is 20.5 Å². The molecule has 20 heavy (non-hydrogen) atoms. The molecule has 0 unspecified atom stereocenters. The van der Waals surface area contributed by atoms with Gasteiger partial charge in [0.25, 0.3) is 0 Å². The number of para-hydroxylation sites is 1. The van der Waals surface area contributed by atoms with Gasteiger partial charge in [-0.1, -0.05) is 68.1 Å². The SMILES string of the molecule is Cc1cccc(C)c1N=[C-]COCc1ccccc1.[Sm]. The topological polar surface area (TPSA) is 21.6 Å². The van der Waals surface area contributed by atoms with Crippen molar-refractivity contribution < 1.29 is 45.1 Å². The Kier molecular flexibility index (Phi) is 8.17. The number of rotatable bonds is 5. The zero-order valence-corrected chi connectivity index (χ0v) is 14.4. The summed E-state index contributed by atoms with van der Waals surface area (Å²) in [7, 11) is 0. The molecule has 0 spiro atoms. The minimum absolute atomic E-state index is 0. The van der Waals surface area contributed by atoms with Gasteiger partial charge in [-0.2, -0.15) is 0 Å². The van der Waals surface area contributed by atoms with Crippen LogP contribution in [-0.4, -0.2) is 12.8 Å². The smallest absolute Gasteiger partial charge is 0.0700 e. The zero-order chi connectivity index (χ0) is 13.5. The third-order valence-corrected chi connectivity index (χ3v) is 2.91. The molecule has 2 aromatic carbocycles. The van der Waals surface area contributed by atoms with Gasteiger partial charge in [-0.25, -0.2) is 0 Å². The number of hydrogen-bond acceptors (Lipinski definition) is 2. The van der Waals surface area contributed by atoms with Crippen LogP contribution in [0.15, 0.2) is 53.5 Å². The van der Waals surface area contributed by atoms with E-state index in [0.717, 1.165) is 22.4 Å². The minimum Gasteiger partial charge on any atom is -0.453 e. The fourth-order valence-corrected chi connectivity index (χ4v) is 1.88. The van der Waals surface area contributed by atoms with E-state index < -0.39 is 0 Å². The Morgan fingerprint density at radius 1 is 0.950 bits per heavy atom. The first kappa shape index (κ1) is 17.5. The summed E-state index contributed by atoms with van der Waals surface area (Å²) in [6, 6.07) is 16.2. The van der Waals surface area contributed by atoms with Crippen LogP contribution in [0, 0.1) is 54.2 Å². The van der Waals surface area contributed by atoms with Gasteiger partial charge in [-0.15, -0.1) is 17.3 Å². The fraction of sp³-hybridized carbons (Fsp3) is 0.235. The van der Waals surface area contributed by atoms with E-state index in [9.17, 15) is 0 Å². The van der Waals surface area contributed by atoms with Crippen molar-refractivity contribution in [2.75, 3.05) is 6.61 Å². The molecule has 0 heterocycles. The van der Waals surface area contributed by atoms with E-state index in [0.29, 0.717) is 13.2 Å². The summed E-state index contributed by atoms with van der Waals surface area (Å²) in [4.78, 5) is 4.36. The number of hydrogen-bond donors (Lipinski definition) is 0. The van der Waals surface area contributed by atoms with E-state index in [-0.39, 0.29) is 40.4 Å². The maximum absolute atomic E-state index is 5.52. The molecule has 0 aliphatic rings. The van der Waals surface area contributed by atoms with Gasteiger partial charge in [0.05, 0.1) is 6.61 Å². The van der Waals surface area contributed by atoms with Gasteiger partial charge in [-0.3, -0.25) is 0 Å². The first-order valence-electron chi connectivity index (χ1n) is 6.39. The first-order valence-corrected chi connectivity index (χ1v) is 6.39. The predicted molar refractivity (Wildman–Crippen MR) is 79.1 cm³/mol. The summed E-state index contributed by atoms with van der Waals surface area (Å²) in [6.07, 6.45) is 2.96. The van der Waals surface area contributed by atoms with Crippen LogP contribution in [-0.2, 0) is 11.3 Å². The molecular weight excluding hydrogens is 385 g/mol. The van der Waals surface area contributed by atoms with Crippen LogP contribution in [0.1, 0.15) is 16.7 Å². The fourth-order valence-electron chi connectivity index (χ4n) is 1.88. The average molecular weight is 403 g/mol. The maximum atomic E-state index is 5.52. The predicted octanol–water partition coefficient (Wildman–Crippen LogP) is 4.10. The minimum atomic E-state index is 0. The summed E-state index contributed by atoms with van der Waals surface area (Å²) >= 11 is 0. The Bertz CT molecular complexity index is 532. The molecule has 0 amide bonds. The molecule has 104 valence electrons. The van der Waals surface area contributed by atoms with E-state index >= 15 is 0 Å². The van der Waals surface area contributed by atoms with E-state index in [1.54, 1.807) is 0 Å². The maximum Gasteiger partial charge on any atom is 0.0700 e. The second-order valence-corrected chi connectivity index (χ2v) is 4.49. The van der Waals surface area contributed by atoms with E-state index in [1.807, 2.05) is 36.4 Å². The molecule has 0 N–H and O–H groups in total.